The van der Waals surface area contributed by atoms with E-state index in [0.29, 0.717) is 62.8 Å². The first-order valence-electron chi connectivity index (χ1n) is 20.3. The van der Waals surface area contributed by atoms with Crippen LogP contribution in [0.1, 0.15) is 78.2 Å². The van der Waals surface area contributed by atoms with E-state index in [-0.39, 0.29) is 31.5 Å². The van der Waals surface area contributed by atoms with E-state index in [0.717, 1.165) is 29.5 Å². The molecule has 0 aromatic heterocycles. The van der Waals surface area contributed by atoms with Gasteiger partial charge in [0.05, 0.1) is 19.7 Å². The SMILES string of the molecule is CC(C)CCOc1ccccc1-c1ccccc1OCC(=O)N[C@H](CCCC[NH3+])C(=O)N[C@H](CCC[NH+]=C(N)N)C(=O)N[C@@H](CC(C)C)C(=O)OCc1ccccc1. The van der Waals surface area contributed by atoms with Gasteiger partial charge in [0.15, 0.2) is 6.61 Å². The molecule has 0 saturated carbocycles. The van der Waals surface area contributed by atoms with Crippen molar-refractivity contribution < 1.29 is 44.1 Å². The fourth-order valence-electron chi connectivity index (χ4n) is 6.08. The number of quaternary nitrogens is 1. The Balaban J connectivity index is 1.75. The first kappa shape index (κ1) is 46.8. The predicted molar refractivity (Wildman–Crippen MR) is 224 cm³/mol. The summed E-state index contributed by atoms with van der Waals surface area (Å²) in [5, 5.41) is 8.49. The zero-order chi connectivity index (χ0) is 42.3. The van der Waals surface area contributed by atoms with E-state index in [1.807, 2.05) is 86.6 Å². The molecule has 3 aromatic carbocycles. The lowest BCUT2D eigenvalue weighted by atomic mass is 10.0. The summed E-state index contributed by atoms with van der Waals surface area (Å²) in [6, 6.07) is 21.4. The number of carbonyl (C=O) groups is 4. The van der Waals surface area contributed by atoms with E-state index in [4.69, 9.17) is 25.7 Å². The number of esters is 1. The quantitative estimate of drug-likeness (QED) is 0.0272. The lowest BCUT2D eigenvalue weighted by Crippen LogP contribution is -2.78. The van der Waals surface area contributed by atoms with Gasteiger partial charge in [-0.25, -0.2) is 4.79 Å². The van der Waals surface area contributed by atoms with Gasteiger partial charge >= 0.3 is 11.9 Å². The van der Waals surface area contributed by atoms with E-state index in [9.17, 15) is 19.2 Å². The highest BCUT2D eigenvalue weighted by atomic mass is 16.5. The second-order valence-electron chi connectivity index (χ2n) is 15.2. The van der Waals surface area contributed by atoms with Gasteiger partial charge in [-0.1, -0.05) is 94.4 Å². The van der Waals surface area contributed by atoms with Crippen LogP contribution in [0.15, 0.2) is 78.9 Å². The number of guanidine groups is 1. The fraction of sp³-hybridized carbons (Fsp3) is 0.477. The second-order valence-corrected chi connectivity index (χ2v) is 15.2. The van der Waals surface area contributed by atoms with Crippen LogP contribution in [0.3, 0.4) is 0 Å². The maximum Gasteiger partial charge on any atom is 0.338 e. The van der Waals surface area contributed by atoms with E-state index in [1.54, 1.807) is 6.07 Å². The smallest absolute Gasteiger partial charge is 0.338 e. The van der Waals surface area contributed by atoms with Gasteiger partial charge in [0, 0.05) is 11.1 Å². The minimum Gasteiger partial charge on any atom is -0.493 e. The molecule has 316 valence electrons. The minimum absolute atomic E-state index is 0.0282. The molecule has 3 rings (SSSR count). The lowest BCUT2D eigenvalue weighted by molar-refractivity contribution is -0.459. The van der Waals surface area contributed by atoms with Crippen LogP contribution in [-0.2, 0) is 30.5 Å². The molecule has 0 bridgehead atoms. The van der Waals surface area contributed by atoms with Crippen LogP contribution in [0.4, 0.5) is 0 Å². The largest absolute Gasteiger partial charge is 0.493 e. The van der Waals surface area contributed by atoms with Crippen molar-refractivity contribution in [1.29, 1.82) is 0 Å². The van der Waals surface area contributed by atoms with Gasteiger partial charge in [0.25, 0.3) is 5.91 Å². The van der Waals surface area contributed by atoms with Crippen molar-refractivity contribution in [2.45, 2.75) is 97.4 Å². The average Bonchev–Trinajstić information content (AvgIpc) is 3.20. The summed E-state index contributed by atoms with van der Waals surface area (Å²) >= 11 is 0. The Morgan fingerprint density at radius 2 is 1.24 bits per heavy atom. The number of amides is 3. The van der Waals surface area contributed by atoms with Crippen molar-refractivity contribution in [1.82, 2.24) is 16.0 Å². The van der Waals surface area contributed by atoms with Crippen molar-refractivity contribution in [3.8, 4) is 22.6 Å². The van der Waals surface area contributed by atoms with Crippen LogP contribution in [-0.4, -0.2) is 74.1 Å². The van der Waals surface area contributed by atoms with E-state index < -0.39 is 41.8 Å². The summed E-state index contributed by atoms with van der Waals surface area (Å²) in [4.78, 5) is 57.3. The molecule has 3 amide bonds. The number of hydrogen-bond acceptors (Lipinski definition) is 7. The van der Waals surface area contributed by atoms with Crippen LogP contribution < -0.4 is 47.6 Å². The van der Waals surface area contributed by atoms with E-state index >= 15 is 0 Å². The molecule has 58 heavy (non-hydrogen) atoms. The molecule has 0 aliphatic heterocycles. The van der Waals surface area contributed by atoms with E-state index in [2.05, 4.69) is 40.5 Å². The van der Waals surface area contributed by atoms with Crippen LogP contribution in [0.5, 0.6) is 11.5 Å². The van der Waals surface area contributed by atoms with Gasteiger partial charge in [-0.15, -0.1) is 0 Å². The second kappa shape index (κ2) is 25.6. The number of rotatable bonds is 26. The third kappa shape index (κ3) is 17.2. The lowest BCUT2D eigenvalue weighted by Gasteiger charge is -2.26. The average molecular weight is 804 g/mol. The normalized spacial score (nSPS) is 12.5. The molecule has 0 spiro atoms. The van der Waals surface area contributed by atoms with Crippen molar-refractivity contribution in [2.75, 3.05) is 26.3 Å². The van der Waals surface area contributed by atoms with Crippen LogP contribution in [0.2, 0.25) is 0 Å². The van der Waals surface area contributed by atoms with Gasteiger partial charge in [-0.05, 0) is 74.5 Å². The molecule has 0 radical (unpaired) electrons. The zero-order valence-corrected chi connectivity index (χ0v) is 34.6. The summed E-state index contributed by atoms with van der Waals surface area (Å²) in [6.45, 7) is 9.41. The maximum absolute atomic E-state index is 13.9. The molecule has 3 atom stereocenters. The van der Waals surface area contributed by atoms with Gasteiger partial charge in [0.1, 0.15) is 36.2 Å². The summed E-state index contributed by atoms with van der Waals surface area (Å²) in [6.07, 6.45) is 3.47. The topological polar surface area (TPSA) is 226 Å². The Kier molecular flexibility index (Phi) is 20.6. The number of para-hydroxylation sites is 2. The summed E-state index contributed by atoms with van der Waals surface area (Å²) in [5.41, 5.74) is 17.4. The third-order valence-corrected chi connectivity index (χ3v) is 9.18. The number of nitrogens with two attached hydrogens (primary N) is 2. The molecular weight excluding hydrogens is 739 g/mol. The minimum atomic E-state index is -1.05. The number of unbranched alkanes of at least 4 members (excludes halogenated alkanes) is 1. The van der Waals surface area contributed by atoms with Crippen LogP contribution in [0.25, 0.3) is 11.1 Å². The highest BCUT2D eigenvalue weighted by Crippen LogP contribution is 2.36. The monoisotopic (exact) mass is 803 g/mol. The van der Waals surface area contributed by atoms with Crippen molar-refractivity contribution in [2.24, 2.45) is 23.3 Å². The number of carbonyl (C=O) groups excluding carboxylic acids is 4. The highest BCUT2D eigenvalue weighted by Gasteiger charge is 2.31. The molecule has 0 aliphatic carbocycles. The molecular formula is C44H65N7O7+2. The van der Waals surface area contributed by atoms with Gasteiger partial charge in [-0.2, -0.15) is 0 Å². The Morgan fingerprint density at radius 3 is 1.84 bits per heavy atom. The third-order valence-electron chi connectivity index (χ3n) is 9.18. The molecule has 0 fully saturated rings. The number of nitrogens with one attached hydrogen (secondary N) is 4. The molecule has 14 heteroatoms. The number of benzene rings is 3. The van der Waals surface area contributed by atoms with Crippen molar-refractivity contribution in [3.63, 3.8) is 0 Å². The van der Waals surface area contributed by atoms with Crippen LogP contribution >= 0.6 is 0 Å². The molecule has 0 saturated heterocycles. The maximum atomic E-state index is 13.9. The molecule has 3 aromatic rings. The zero-order valence-electron chi connectivity index (χ0n) is 34.6. The van der Waals surface area contributed by atoms with Gasteiger partial charge in [0.2, 0.25) is 11.8 Å². The fourth-order valence-corrected chi connectivity index (χ4v) is 6.08. The molecule has 14 nitrogen and oxygen atoms in total. The Hall–Kier alpha value is -5.63. The predicted octanol–water partition coefficient (Wildman–Crippen LogP) is 1.95. The molecule has 0 unspecified atom stereocenters. The molecule has 0 aliphatic rings. The first-order valence-corrected chi connectivity index (χ1v) is 20.3. The summed E-state index contributed by atoms with van der Waals surface area (Å²) < 4.78 is 17.8. The van der Waals surface area contributed by atoms with Crippen molar-refractivity contribution in [3.05, 3.63) is 84.4 Å². The summed E-state index contributed by atoms with van der Waals surface area (Å²) in [5.74, 6) is -0.427. The molecule has 0 heterocycles. The highest BCUT2D eigenvalue weighted by molar-refractivity contribution is 5.93. The Bertz CT molecular complexity index is 1750. The Morgan fingerprint density at radius 1 is 0.672 bits per heavy atom. The molecule has 11 N–H and O–H groups in total. The first-order chi connectivity index (χ1) is 27.9. The summed E-state index contributed by atoms with van der Waals surface area (Å²) in [7, 11) is 0. The number of hydrogen-bond donors (Lipinski definition) is 7. The Labute approximate surface area is 343 Å². The van der Waals surface area contributed by atoms with Gasteiger partial charge in [-0.3, -0.25) is 30.8 Å². The van der Waals surface area contributed by atoms with Crippen LogP contribution in [0, 0.1) is 11.8 Å². The van der Waals surface area contributed by atoms with E-state index in [1.165, 1.54) is 0 Å². The standard InChI is InChI=1S/C44H63N7O7/c1-30(2)23-26-56-38-21-10-8-17-33(38)34-18-9-11-22-39(34)57-29-40(52)49-35(19-12-13-24-45)41(53)50-36(20-14-25-48-44(46)47)42(54)51-37(27-31(3)4)43(55)58-28-32-15-6-5-7-16-32/h5-11,15-18,21-22,30-31,35-37H,12-14,19-20,23-29,45H2,1-4H3,(H,49,52)(H,50,53)(H,51,54)(H4,46,47,48)/p+2/t35-,36-,37+/m1/s1. The van der Waals surface area contributed by atoms with Gasteiger partial charge < -0.3 is 35.9 Å². The number of ether oxygens (including phenoxy) is 3. The van der Waals surface area contributed by atoms with Crippen molar-refractivity contribution >= 4 is 29.7 Å².